The Morgan fingerprint density at radius 2 is 1.79 bits per heavy atom. The summed E-state index contributed by atoms with van der Waals surface area (Å²) < 4.78 is 37.7. The van der Waals surface area contributed by atoms with E-state index in [0.717, 1.165) is 10.6 Å². The van der Waals surface area contributed by atoms with Gasteiger partial charge in [0.1, 0.15) is 5.75 Å². The third-order valence-corrected chi connectivity index (χ3v) is 5.91. The number of benzene rings is 2. The third-order valence-electron chi connectivity index (χ3n) is 4.77. The first-order chi connectivity index (χ1) is 13.8. The molecule has 0 N–H and O–H groups in total. The summed E-state index contributed by atoms with van der Waals surface area (Å²) in [5, 5.41) is 0.559. The maximum Gasteiger partial charge on any atom is 0.340 e. The van der Waals surface area contributed by atoms with E-state index in [1.165, 1.54) is 17.9 Å². The number of hydrogen-bond donors (Lipinski definition) is 0. The number of aromatic nitrogens is 1. The summed E-state index contributed by atoms with van der Waals surface area (Å²) in [6.45, 7) is -0.172. The monoisotopic (exact) mass is 414 g/mol. The highest BCUT2D eigenvalue weighted by molar-refractivity contribution is 7.92. The maximum atomic E-state index is 13.3. The predicted octanol–water partition coefficient (Wildman–Crippen LogP) is 2.30. The molecular weight excluding hydrogens is 396 g/mol. The van der Waals surface area contributed by atoms with Crippen LogP contribution in [-0.2, 0) is 14.8 Å². The molecule has 0 radical (unpaired) electrons. The summed E-state index contributed by atoms with van der Waals surface area (Å²) in [5.41, 5.74) is 1.13. The molecule has 0 unspecified atom stereocenters. The van der Waals surface area contributed by atoms with Crippen molar-refractivity contribution in [2.24, 2.45) is 0 Å². The molecule has 1 aliphatic heterocycles. The molecule has 0 saturated heterocycles. The van der Waals surface area contributed by atoms with Crippen LogP contribution in [0.1, 0.15) is 15.2 Å². The molecule has 29 heavy (non-hydrogen) atoms. The van der Waals surface area contributed by atoms with Gasteiger partial charge in [-0.1, -0.05) is 30.3 Å². The highest BCUT2D eigenvalue weighted by Gasteiger charge is 2.36. The maximum absolute atomic E-state index is 13.3. The van der Waals surface area contributed by atoms with Crippen LogP contribution in [0.15, 0.2) is 54.7 Å². The number of ether oxygens (including phenoxy) is 2. The largest absolute Gasteiger partial charge is 0.476 e. The molecular formula is C20H18N2O6S. The Labute approximate surface area is 167 Å². The van der Waals surface area contributed by atoms with E-state index in [2.05, 4.69) is 0 Å². The fourth-order valence-electron chi connectivity index (χ4n) is 3.43. The third kappa shape index (κ3) is 3.23. The van der Waals surface area contributed by atoms with Crippen molar-refractivity contribution in [3.8, 4) is 5.75 Å². The number of anilines is 1. The summed E-state index contributed by atoms with van der Waals surface area (Å²) in [4.78, 5) is 25.4. The second kappa shape index (κ2) is 6.93. The van der Waals surface area contributed by atoms with E-state index in [1.54, 1.807) is 48.5 Å². The number of methoxy groups -OCH3 is 1. The van der Waals surface area contributed by atoms with Crippen LogP contribution >= 0.6 is 0 Å². The summed E-state index contributed by atoms with van der Waals surface area (Å²) in [5.74, 6) is -0.757. The SMILES string of the molecule is COC(=O)c1cn(C(=O)[C@H]2CN(S(C)(=O)=O)c3ccccc3O2)c2ccccc12. The van der Waals surface area contributed by atoms with Crippen LogP contribution in [-0.4, -0.2) is 50.9 Å². The first-order valence-electron chi connectivity index (χ1n) is 8.77. The van der Waals surface area contributed by atoms with Gasteiger partial charge in [0.2, 0.25) is 10.0 Å². The Morgan fingerprint density at radius 3 is 2.52 bits per heavy atom. The minimum Gasteiger partial charge on any atom is -0.476 e. The lowest BCUT2D eigenvalue weighted by Crippen LogP contribution is -2.48. The topological polar surface area (TPSA) is 94.9 Å². The Hall–Kier alpha value is -3.33. The molecule has 0 amide bonds. The minimum absolute atomic E-state index is 0.172. The van der Waals surface area contributed by atoms with Crippen LogP contribution in [0.25, 0.3) is 10.9 Å². The Balaban J connectivity index is 1.79. The van der Waals surface area contributed by atoms with Crippen molar-refractivity contribution in [1.82, 2.24) is 4.57 Å². The second-order valence-electron chi connectivity index (χ2n) is 6.63. The number of nitrogens with zero attached hydrogens (tertiary/aromatic N) is 2. The molecule has 1 aliphatic rings. The Bertz CT molecular complexity index is 1230. The molecule has 9 heteroatoms. The zero-order chi connectivity index (χ0) is 20.8. The van der Waals surface area contributed by atoms with Crippen molar-refractivity contribution in [2.75, 3.05) is 24.2 Å². The summed E-state index contributed by atoms with van der Waals surface area (Å²) >= 11 is 0. The summed E-state index contributed by atoms with van der Waals surface area (Å²) in [7, 11) is -2.36. The number of hydrogen-bond acceptors (Lipinski definition) is 6. The van der Waals surface area contributed by atoms with E-state index in [9.17, 15) is 18.0 Å². The molecule has 1 atom stereocenters. The van der Waals surface area contributed by atoms with Gasteiger partial charge in [0.15, 0.2) is 6.10 Å². The summed E-state index contributed by atoms with van der Waals surface area (Å²) in [6, 6.07) is 13.5. The number of sulfonamides is 1. The Kier molecular flexibility index (Phi) is 4.54. The van der Waals surface area contributed by atoms with E-state index >= 15 is 0 Å². The van der Waals surface area contributed by atoms with Crippen LogP contribution in [0.5, 0.6) is 5.75 Å². The zero-order valence-corrected chi connectivity index (χ0v) is 16.5. The molecule has 0 saturated carbocycles. The van der Waals surface area contributed by atoms with Gasteiger partial charge >= 0.3 is 5.97 Å². The van der Waals surface area contributed by atoms with Crippen molar-refractivity contribution in [3.05, 3.63) is 60.3 Å². The number of carbonyl (C=O) groups excluding carboxylic acids is 2. The zero-order valence-electron chi connectivity index (χ0n) is 15.7. The van der Waals surface area contributed by atoms with Crippen molar-refractivity contribution in [1.29, 1.82) is 0 Å². The lowest BCUT2D eigenvalue weighted by molar-refractivity contribution is 0.0602. The lowest BCUT2D eigenvalue weighted by Gasteiger charge is -2.33. The van der Waals surface area contributed by atoms with Crippen LogP contribution in [0, 0.1) is 0 Å². The van der Waals surface area contributed by atoms with E-state index in [0.29, 0.717) is 22.3 Å². The number of rotatable bonds is 3. The van der Waals surface area contributed by atoms with E-state index in [4.69, 9.17) is 9.47 Å². The highest BCUT2D eigenvalue weighted by Crippen LogP contribution is 2.35. The average Bonchev–Trinajstić information content (AvgIpc) is 3.11. The van der Waals surface area contributed by atoms with Gasteiger partial charge in [-0.25, -0.2) is 13.2 Å². The first-order valence-corrected chi connectivity index (χ1v) is 10.6. The van der Waals surface area contributed by atoms with Gasteiger partial charge in [-0.2, -0.15) is 0 Å². The van der Waals surface area contributed by atoms with Gasteiger partial charge in [-0.3, -0.25) is 13.7 Å². The fraction of sp³-hybridized carbons (Fsp3) is 0.200. The van der Waals surface area contributed by atoms with Crippen molar-refractivity contribution in [2.45, 2.75) is 6.10 Å². The first kappa shape index (κ1) is 19.0. The van der Waals surface area contributed by atoms with Gasteiger partial charge in [-0.05, 0) is 18.2 Å². The molecule has 0 spiro atoms. The van der Waals surface area contributed by atoms with Crippen molar-refractivity contribution >= 4 is 38.5 Å². The quantitative estimate of drug-likeness (QED) is 0.611. The van der Waals surface area contributed by atoms with Gasteiger partial charge in [0, 0.05) is 11.6 Å². The molecule has 1 aromatic heterocycles. The molecule has 0 fully saturated rings. The predicted molar refractivity (Wildman–Crippen MR) is 107 cm³/mol. The van der Waals surface area contributed by atoms with E-state index in [1.807, 2.05) is 0 Å². The van der Waals surface area contributed by atoms with Crippen LogP contribution in [0.3, 0.4) is 0 Å². The minimum atomic E-state index is -3.62. The van der Waals surface area contributed by atoms with Crippen LogP contribution in [0.4, 0.5) is 5.69 Å². The van der Waals surface area contributed by atoms with Crippen molar-refractivity contribution < 1.29 is 27.5 Å². The van der Waals surface area contributed by atoms with E-state index in [-0.39, 0.29) is 12.1 Å². The molecule has 3 aromatic rings. The standard InChI is InChI=1S/C20H18N2O6S/c1-27-20(24)14-11-21(15-8-4-3-7-13(14)15)19(23)18-12-22(29(2,25)26)16-9-5-6-10-17(16)28-18/h3-11,18H,12H2,1-2H3/t18-/m1/s1. The van der Waals surface area contributed by atoms with Crippen molar-refractivity contribution in [3.63, 3.8) is 0 Å². The molecule has 2 heterocycles. The second-order valence-corrected chi connectivity index (χ2v) is 8.53. The molecule has 8 nitrogen and oxygen atoms in total. The molecule has 150 valence electrons. The van der Waals surface area contributed by atoms with Crippen LogP contribution < -0.4 is 9.04 Å². The molecule has 4 rings (SSSR count). The van der Waals surface area contributed by atoms with E-state index < -0.39 is 28.0 Å². The van der Waals surface area contributed by atoms with Gasteiger partial charge in [-0.15, -0.1) is 0 Å². The molecule has 0 bridgehead atoms. The number of esters is 1. The average molecular weight is 414 g/mol. The Morgan fingerprint density at radius 1 is 1.10 bits per heavy atom. The van der Waals surface area contributed by atoms with Gasteiger partial charge in [0.05, 0.1) is 36.7 Å². The number of fused-ring (bicyclic) bond motifs is 2. The lowest BCUT2D eigenvalue weighted by atomic mass is 10.2. The smallest absolute Gasteiger partial charge is 0.340 e. The van der Waals surface area contributed by atoms with Gasteiger partial charge in [0.25, 0.3) is 5.91 Å². The van der Waals surface area contributed by atoms with Crippen LogP contribution in [0.2, 0.25) is 0 Å². The van der Waals surface area contributed by atoms with Gasteiger partial charge < -0.3 is 9.47 Å². The highest BCUT2D eigenvalue weighted by atomic mass is 32.2. The fourth-order valence-corrected chi connectivity index (χ4v) is 4.35. The molecule has 0 aliphatic carbocycles. The number of carbonyl (C=O) groups is 2. The molecule has 2 aromatic carbocycles. The normalized spacial score (nSPS) is 16.2. The summed E-state index contributed by atoms with van der Waals surface area (Å²) in [6.07, 6.45) is 1.39. The number of para-hydroxylation sites is 3.